The van der Waals surface area contributed by atoms with Crippen molar-refractivity contribution in [3.05, 3.63) is 89.0 Å². The monoisotopic (exact) mass is 386 g/mol. The lowest BCUT2D eigenvalue weighted by atomic mass is 10.0. The van der Waals surface area contributed by atoms with Crippen LogP contribution in [0.5, 0.6) is 5.75 Å². The van der Waals surface area contributed by atoms with Gasteiger partial charge in [-0.1, -0.05) is 30.3 Å². The number of anilines is 2. The topological polar surface area (TPSA) is 58.6 Å². The highest BCUT2D eigenvalue weighted by molar-refractivity contribution is 6.36. The highest BCUT2D eigenvalue weighted by atomic mass is 16.5. The van der Waals surface area contributed by atoms with Crippen molar-refractivity contribution in [3.8, 4) is 5.75 Å². The number of carbonyl (C=O) groups excluding carboxylic acids is 2. The van der Waals surface area contributed by atoms with Gasteiger partial charge in [0.2, 0.25) is 0 Å². The first-order valence-corrected chi connectivity index (χ1v) is 9.54. The van der Waals surface area contributed by atoms with Gasteiger partial charge in [-0.15, -0.1) is 0 Å². The second-order valence-corrected chi connectivity index (χ2v) is 6.94. The van der Waals surface area contributed by atoms with Gasteiger partial charge in [-0.25, -0.2) is 4.90 Å². The Balaban J connectivity index is 1.49. The smallest absolute Gasteiger partial charge is 0.268 e. The Morgan fingerprint density at radius 1 is 0.828 bits per heavy atom. The summed E-state index contributed by atoms with van der Waals surface area (Å²) in [7, 11) is 3.40. The minimum atomic E-state index is -0.291. The van der Waals surface area contributed by atoms with Gasteiger partial charge in [0, 0.05) is 12.7 Å². The van der Waals surface area contributed by atoms with Crippen LogP contribution in [0.1, 0.15) is 31.8 Å². The maximum atomic E-state index is 12.9. The fourth-order valence-corrected chi connectivity index (χ4v) is 3.62. The highest BCUT2D eigenvalue weighted by Crippen LogP contribution is 2.32. The van der Waals surface area contributed by atoms with Crippen LogP contribution in [0.4, 0.5) is 11.4 Å². The van der Waals surface area contributed by atoms with Gasteiger partial charge in [-0.3, -0.25) is 9.59 Å². The van der Waals surface area contributed by atoms with Crippen molar-refractivity contribution in [2.45, 2.75) is 12.8 Å². The first-order chi connectivity index (χ1) is 14.1. The number of amides is 2. The summed E-state index contributed by atoms with van der Waals surface area (Å²) in [6.45, 7) is 0. The number of rotatable bonds is 6. The molecule has 1 heterocycles. The molecule has 0 saturated carbocycles. The highest BCUT2D eigenvalue weighted by Gasteiger charge is 2.38. The maximum Gasteiger partial charge on any atom is 0.268 e. The van der Waals surface area contributed by atoms with E-state index in [-0.39, 0.29) is 11.8 Å². The number of benzene rings is 3. The lowest BCUT2D eigenvalue weighted by molar-refractivity contribution is 0.0926. The molecule has 1 aliphatic rings. The van der Waals surface area contributed by atoms with E-state index in [1.807, 2.05) is 36.4 Å². The largest absolute Gasteiger partial charge is 0.497 e. The number of hydrogen-bond acceptors (Lipinski definition) is 4. The number of imide groups is 1. The Kier molecular flexibility index (Phi) is 5.04. The van der Waals surface area contributed by atoms with E-state index >= 15 is 0 Å². The summed E-state index contributed by atoms with van der Waals surface area (Å²) in [6, 6.07) is 20.9. The minimum absolute atomic E-state index is 0.284. The van der Waals surface area contributed by atoms with E-state index in [1.165, 1.54) is 10.5 Å². The van der Waals surface area contributed by atoms with Crippen molar-refractivity contribution >= 4 is 23.2 Å². The van der Waals surface area contributed by atoms with Crippen molar-refractivity contribution in [1.29, 1.82) is 0 Å². The van der Waals surface area contributed by atoms with Gasteiger partial charge >= 0.3 is 0 Å². The second kappa shape index (κ2) is 7.80. The van der Waals surface area contributed by atoms with Crippen LogP contribution in [0, 0.1) is 0 Å². The molecular formula is C24H22N2O3. The van der Waals surface area contributed by atoms with E-state index < -0.39 is 0 Å². The van der Waals surface area contributed by atoms with Crippen LogP contribution < -0.4 is 15.0 Å². The summed E-state index contributed by atoms with van der Waals surface area (Å²) < 4.78 is 5.19. The number of nitrogens with zero attached hydrogens (tertiary/aromatic N) is 1. The standard InChI is InChI=1S/C24H22N2O3/c1-25-21-5-3-4-20-22(21)24(28)26(23(20)27)18-12-8-16(9-13-18)6-7-17-10-14-19(29-2)15-11-17/h3-5,8-15,25H,6-7H2,1-2H3. The number of fused-ring (bicyclic) bond motifs is 1. The number of methoxy groups -OCH3 is 1. The molecular weight excluding hydrogens is 364 g/mol. The van der Waals surface area contributed by atoms with Gasteiger partial charge in [0.25, 0.3) is 11.8 Å². The summed E-state index contributed by atoms with van der Waals surface area (Å²) in [4.78, 5) is 26.9. The number of ether oxygens (including phenoxy) is 1. The lowest BCUT2D eigenvalue weighted by Gasteiger charge is -2.14. The zero-order valence-corrected chi connectivity index (χ0v) is 16.4. The molecule has 4 rings (SSSR count). The molecule has 0 aromatic heterocycles. The van der Waals surface area contributed by atoms with E-state index in [4.69, 9.17) is 4.74 Å². The molecule has 0 radical (unpaired) electrons. The van der Waals surface area contributed by atoms with Gasteiger partial charge in [-0.2, -0.15) is 0 Å². The van der Waals surface area contributed by atoms with Gasteiger partial charge in [0.05, 0.1) is 23.9 Å². The fourth-order valence-electron chi connectivity index (χ4n) is 3.62. The first kappa shape index (κ1) is 18.7. The number of nitrogens with one attached hydrogen (secondary N) is 1. The van der Waals surface area contributed by atoms with Crippen molar-refractivity contribution in [2.24, 2.45) is 0 Å². The van der Waals surface area contributed by atoms with Crippen LogP contribution >= 0.6 is 0 Å². The van der Waals surface area contributed by atoms with Crippen molar-refractivity contribution in [1.82, 2.24) is 0 Å². The molecule has 0 atom stereocenters. The van der Waals surface area contributed by atoms with Crippen LogP contribution in [-0.2, 0) is 12.8 Å². The van der Waals surface area contributed by atoms with E-state index in [9.17, 15) is 9.59 Å². The Hall–Kier alpha value is -3.60. The number of aryl methyl sites for hydroxylation is 2. The molecule has 1 N–H and O–H groups in total. The third-order valence-corrected chi connectivity index (χ3v) is 5.24. The van der Waals surface area contributed by atoms with E-state index in [2.05, 4.69) is 17.4 Å². The third-order valence-electron chi connectivity index (χ3n) is 5.24. The molecule has 3 aromatic carbocycles. The predicted octanol–water partition coefficient (Wildman–Crippen LogP) is 4.32. The molecule has 0 fully saturated rings. The molecule has 0 saturated heterocycles. The number of carbonyl (C=O) groups is 2. The fraction of sp³-hybridized carbons (Fsp3) is 0.167. The van der Waals surface area contributed by atoms with Gasteiger partial charge in [0.15, 0.2) is 0 Å². The molecule has 0 spiro atoms. The van der Waals surface area contributed by atoms with Crippen LogP contribution in [-0.4, -0.2) is 26.0 Å². The third kappa shape index (κ3) is 3.47. The van der Waals surface area contributed by atoms with Crippen LogP contribution in [0.25, 0.3) is 0 Å². The maximum absolute atomic E-state index is 12.9. The summed E-state index contributed by atoms with van der Waals surface area (Å²) in [5, 5.41) is 2.99. The molecule has 2 amide bonds. The van der Waals surface area contributed by atoms with Crippen LogP contribution in [0.3, 0.4) is 0 Å². The average Bonchev–Trinajstić information content (AvgIpc) is 3.03. The SMILES string of the molecule is CNc1cccc2c1C(=O)N(c1ccc(CCc3ccc(OC)cc3)cc1)C2=O. The second-order valence-electron chi connectivity index (χ2n) is 6.94. The van der Waals surface area contributed by atoms with Crippen LogP contribution in [0.15, 0.2) is 66.7 Å². The quantitative estimate of drug-likeness (QED) is 0.641. The zero-order chi connectivity index (χ0) is 20.4. The zero-order valence-electron chi connectivity index (χ0n) is 16.4. The Morgan fingerprint density at radius 2 is 1.45 bits per heavy atom. The molecule has 3 aromatic rings. The number of hydrogen-bond donors (Lipinski definition) is 1. The van der Waals surface area contributed by atoms with E-state index in [0.717, 1.165) is 24.2 Å². The normalized spacial score (nSPS) is 12.8. The van der Waals surface area contributed by atoms with Crippen LogP contribution in [0.2, 0.25) is 0 Å². The van der Waals surface area contributed by atoms with Crippen molar-refractivity contribution in [2.75, 3.05) is 24.4 Å². The Morgan fingerprint density at radius 3 is 2.03 bits per heavy atom. The van der Waals surface area contributed by atoms with Gasteiger partial charge < -0.3 is 10.1 Å². The van der Waals surface area contributed by atoms with E-state index in [0.29, 0.717) is 22.5 Å². The van der Waals surface area contributed by atoms with E-state index in [1.54, 1.807) is 32.4 Å². The van der Waals surface area contributed by atoms with Gasteiger partial charge in [0.1, 0.15) is 5.75 Å². The molecule has 29 heavy (non-hydrogen) atoms. The molecule has 0 bridgehead atoms. The molecule has 5 nitrogen and oxygen atoms in total. The molecule has 146 valence electrons. The lowest BCUT2D eigenvalue weighted by Crippen LogP contribution is -2.29. The summed E-state index contributed by atoms with van der Waals surface area (Å²) >= 11 is 0. The predicted molar refractivity (Wildman–Crippen MR) is 114 cm³/mol. The Labute approximate surface area is 169 Å². The minimum Gasteiger partial charge on any atom is -0.497 e. The van der Waals surface area contributed by atoms with Gasteiger partial charge in [-0.05, 0) is 60.4 Å². The summed E-state index contributed by atoms with van der Waals surface area (Å²) in [5.41, 5.74) is 4.51. The first-order valence-electron chi connectivity index (χ1n) is 9.54. The summed E-state index contributed by atoms with van der Waals surface area (Å²) in [5.74, 6) is 0.273. The van der Waals surface area contributed by atoms with Crippen molar-refractivity contribution in [3.63, 3.8) is 0 Å². The summed E-state index contributed by atoms with van der Waals surface area (Å²) in [6.07, 6.45) is 1.78. The molecule has 1 aliphatic heterocycles. The average molecular weight is 386 g/mol. The Bertz CT molecular complexity index is 1060. The molecule has 0 unspecified atom stereocenters. The molecule has 0 aliphatic carbocycles. The van der Waals surface area contributed by atoms with Crippen molar-refractivity contribution < 1.29 is 14.3 Å². The molecule has 5 heteroatoms.